The number of nitrogens with zero attached hydrogens (tertiary/aromatic N) is 4. The third-order valence-electron chi connectivity index (χ3n) is 3.75. The van der Waals surface area contributed by atoms with Gasteiger partial charge >= 0.3 is 0 Å². The van der Waals surface area contributed by atoms with Crippen molar-refractivity contribution in [1.29, 1.82) is 0 Å². The second-order valence-corrected chi connectivity index (χ2v) is 5.26. The summed E-state index contributed by atoms with van der Waals surface area (Å²) in [5, 5.41) is 0. The fraction of sp³-hybridized carbons (Fsp3) is 0.643. The maximum atomic E-state index is 11.0. The zero-order valence-electron chi connectivity index (χ0n) is 12.4. The Balaban J connectivity index is 1.58. The topological polar surface area (TPSA) is 87.4 Å². The van der Waals surface area contributed by atoms with E-state index >= 15 is 0 Å². The summed E-state index contributed by atoms with van der Waals surface area (Å²) in [6, 6.07) is 1.84. The molecule has 0 bridgehead atoms. The summed E-state index contributed by atoms with van der Waals surface area (Å²) in [6.07, 6.45) is 7.18. The van der Waals surface area contributed by atoms with Crippen LogP contribution in [0.15, 0.2) is 18.5 Å². The first-order valence-electron chi connectivity index (χ1n) is 7.53. The van der Waals surface area contributed by atoms with Crippen molar-refractivity contribution in [3.8, 4) is 0 Å². The van der Waals surface area contributed by atoms with Crippen molar-refractivity contribution in [1.82, 2.24) is 20.3 Å². The molecule has 1 amide bonds. The highest BCUT2D eigenvalue weighted by molar-refractivity contribution is 5.75. The van der Waals surface area contributed by atoms with E-state index in [9.17, 15) is 4.79 Å². The minimum Gasteiger partial charge on any atom is -0.338 e. The first kappa shape index (κ1) is 15.7. The summed E-state index contributed by atoms with van der Waals surface area (Å²) >= 11 is 0. The predicted molar refractivity (Wildman–Crippen MR) is 81.5 cm³/mol. The second kappa shape index (κ2) is 8.53. The minimum absolute atomic E-state index is 0.0773. The molecule has 1 fully saturated rings. The summed E-state index contributed by atoms with van der Waals surface area (Å²) < 4.78 is 0. The number of amides is 1. The first-order chi connectivity index (χ1) is 10.3. The third-order valence-corrected chi connectivity index (χ3v) is 3.75. The van der Waals surface area contributed by atoms with E-state index in [4.69, 9.17) is 5.84 Å². The zero-order chi connectivity index (χ0) is 14.9. The molecule has 2 rings (SSSR count). The maximum absolute atomic E-state index is 11.0. The lowest BCUT2D eigenvalue weighted by atomic mass is 10.1. The summed E-state index contributed by atoms with van der Waals surface area (Å²) in [6.45, 7) is 5.12. The smallest absolute Gasteiger partial charge is 0.233 e. The highest BCUT2D eigenvalue weighted by Crippen LogP contribution is 2.10. The molecule has 7 nitrogen and oxygen atoms in total. The third kappa shape index (κ3) is 5.28. The number of unbranched alkanes of at least 4 members (excludes halogenated alkanes) is 2. The van der Waals surface area contributed by atoms with Crippen LogP contribution < -0.4 is 16.2 Å². The number of nitrogens with two attached hydrogens (primary N) is 1. The molecule has 1 aliphatic heterocycles. The predicted octanol–water partition coefficient (Wildman–Crippen LogP) is 0.149. The van der Waals surface area contributed by atoms with Gasteiger partial charge in [0.2, 0.25) is 11.9 Å². The standard InChI is InChI=1S/C14H24N6O/c15-18-13(21)5-2-1-3-8-19-9-11-20(12-10-19)14-16-6-4-7-17-14/h4,6-7H,1-3,5,8-12,15H2,(H,18,21). The molecule has 1 saturated heterocycles. The molecule has 1 aliphatic rings. The van der Waals surface area contributed by atoms with Crippen LogP contribution in [-0.2, 0) is 4.79 Å². The number of hydrogen-bond donors (Lipinski definition) is 2. The Labute approximate surface area is 125 Å². The summed E-state index contributed by atoms with van der Waals surface area (Å²) in [7, 11) is 0. The Hall–Kier alpha value is -1.73. The van der Waals surface area contributed by atoms with Crippen molar-refractivity contribution in [3.63, 3.8) is 0 Å². The van der Waals surface area contributed by atoms with Crippen LogP contribution in [0.3, 0.4) is 0 Å². The van der Waals surface area contributed by atoms with Gasteiger partial charge in [-0.3, -0.25) is 15.1 Å². The molecule has 0 radical (unpaired) electrons. The lowest BCUT2D eigenvalue weighted by Gasteiger charge is -2.34. The van der Waals surface area contributed by atoms with Crippen LogP contribution in [0.5, 0.6) is 0 Å². The lowest BCUT2D eigenvalue weighted by molar-refractivity contribution is -0.121. The number of hydrogen-bond acceptors (Lipinski definition) is 6. The Kier molecular flexibility index (Phi) is 6.36. The molecule has 3 N–H and O–H groups in total. The molecule has 0 saturated carbocycles. The van der Waals surface area contributed by atoms with Gasteiger partial charge in [0.05, 0.1) is 0 Å². The average Bonchev–Trinajstić information content (AvgIpc) is 2.55. The van der Waals surface area contributed by atoms with Gasteiger partial charge < -0.3 is 4.90 Å². The number of aromatic nitrogens is 2. The van der Waals surface area contributed by atoms with Gasteiger partial charge in [0.1, 0.15) is 0 Å². The molecule has 1 aromatic rings. The molecule has 0 aromatic carbocycles. The molecule has 0 atom stereocenters. The molecule has 0 aliphatic carbocycles. The van der Waals surface area contributed by atoms with Gasteiger partial charge in [0.25, 0.3) is 0 Å². The Morgan fingerprint density at radius 2 is 1.86 bits per heavy atom. The van der Waals surface area contributed by atoms with Crippen molar-refractivity contribution < 1.29 is 4.79 Å². The Morgan fingerprint density at radius 3 is 2.52 bits per heavy atom. The van der Waals surface area contributed by atoms with Crippen LogP contribution >= 0.6 is 0 Å². The largest absolute Gasteiger partial charge is 0.338 e. The van der Waals surface area contributed by atoms with E-state index < -0.39 is 0 Å². The number of nitrogens with one attached hydrogen (secondary N) is 1. The van der Waals surface area contributed by atoms with E-state index in [-0.39, 0.29) is 5.91 Å². The molecule has 0 unspecified atom stereocenters. The Morgan fingerprint density at radius 1 is 1.14 bits per heavy atom. The van der Waals surface area contributed by atoms with E-state index in [1.165, 1.54) is 0 Å². The van der Waals surface area contributed by atoms with Gasteiger partial charge in [0.15, 0.2) is 0 Å². The number of hydrazine groups is 1. The Bertz CT molecular complexity index is 419. The summed E-state index contributed by atoms with van der Waals surface area (Å²) in [5.41, 5.74) is 2.16. The molecular weight excluding hydrogens is 268 g/mol. The van der Waals surface area contributed by atoms with Gasteiger partial charge in [-0.1, -0.05) is 6.42 Å². The van der Waals surface area contributed by atoms with Crippen molar-refractivity contribution in [2.45, 2.75) is 25.7 Å². The van der Waals surface area contributed by atoms with Gasteiger partial charge in [-0.25, -0.2) is 15.8 Å². The van der Waals surface area contributed by atoms with E-state index in [0.717, 1.165) is 57.9 Å². The van der Waals surface area contributed by atoms with Crippen LogP contribution in [0.2, 0.25) is 0 Å². The first-order valence-corrected chi connectivity index (χ1v) is 7.53. The normalized spacial score (nSPS) is 16.0. The van der Waals surface area contributed by atoms with Crippen LogP contribution in [0.1, 0.15) is 25.7 Å². The van der Waals surface area contributed by atoms with Crippen molar-refractivity contribution >= 4 is 11.9 Å². The SMILES string of the molecule is NNC(=O)CCCCCN1CCN(c2ncccn2)CC1. The lowest BCUT2D eigenvalue weighted by Crippen LogP contribution is -2.47. The fourth-order valence-corrected chi connectivity index (χ4v) is 2.50. The minimum atomic E-state index is -0.0773. The number of carbonyl (C=O) groups is 1. The van der Waals surface area contributed by atoms with Crippen molar-refractivity contribution in [2.75, 3.05) is 37.6 Å². The van der Waals surface area contributed by atoms with Crippen LogP contribution in [0.4, 0.5) is 5.95 Å². The fourth-order valence-electron chi connectivity index (χ4n) is 2.50. The molecule has 2 heterocycles. The van der Waals surface area contributed by atoms with Gasteiger partial charge in [-0.15, -0.1) is 0 Å². The van der Waals surface area contributed by atoms with E-state index in [1.807, 2.05) is 6.07 Å². The van der Waals surface area contributed by atoms with E-state index in [0.29, 0.717) is 6.42 Å². The van der Waals surface area contributed by atoms with E-state index in [2.05, 4.69) is 25.2 Å². The second-order valence-electron chi connectivity index (χ2n) is 5.26. The molecule has 7 heteroatoms. The number of rotatable bonds is 7. The van der Waals surface area contributed by atoms with E-state index in [1.54, 1.807) is 12.4 Å². The molecular formula is C14H24N6O. The highest BCUT2D eigenvalue weighted by Gasteiger charge is 2.17. The van der Waals surface area contributed by atoms with Crippen molar-refractivity contribution in [2.24, 2.45) is 5.84 Å². The van der Waals surface area contributed by atoms with Gasteiger partial charge in [0, 0.05) is 45.0 Å². The molecule has 1 aromatic heterocycles. The number of anilines is 1. The van der Waals surface area contributed by atoms with Crippen LogP contribution in [0.25, 0.3) is 0 Å². The van der Waals surface area contributed by atoms with Gasteiger partial charge in [-0.2, -0.15) is 0 Å². The monoisotopic (exact) mass is 292 g/mol. The molecule has 116 valence electrons. The quantitative estimate of drug-likeness (QED) is 0.322. The number of carbonyl (C=O) groups excluding carboxylic acids is 1. The number of piperazine rings is 1. The highest BCUT2D eigenvalue weighted by atomic mass is 16.2. The maximum Gasteiger partial charge on any atom is 0.233 e. The van der Waals surface area contributed by atoms with Crippen LogP contribution in [0, 0.1) is 0 Å². The summed E-state index contributed by atoms with van der Waals surface area (Å²) in [4.78, 5) is 24.2. The summed E-state index contributed by atoms with van der Waals surface area (Å²) in [5.74, 6) is 5.79. The van der Waals surface area contributed by atoms with Crippen LogP contribution in [-0.4, -0.2) is 53.5 Å². The molecule has 21 heavy (non-hydrogen) atoms. The van der Waals surface area contributed by atoms with Crippen molar-refractivity contribution in [3.05, 3.63) is 18.5 Å². The average molecular weight is 292 g/mol. The molecule has 0 spiro atoms. The zero-order valence-corrected chi connectivity index (χ0v) is 12.4. The van der Waals surface area contributed by atoms with Gasteiger partial charge in [-0.05, 0) is 25.5 Å².